The molecule has 13 heavy (non-hydrogen) atoms. The molecular formula is C11H14O2. The zero-order valence-corrected chi connectivity index (χ0v) is 7.93. The summed E-state index contributed by atoms with van der Waals surface area (Å²) in [7, 11) is 0. The highest BCUT2D eigenvalue weighted by atomic mass is 16.5. The minimum atomic E-state index is -0.268. The van der Waals surface area contributed by atoms with E-state index in [4.69, 9.17) is 4.74 Å². The van der Waals surface area contributed by atoms with Gasteiger partial charge in [0.2, 0.25) is 0 Å². The van der Waals surface area contributed by atoms with Crippen molar-refractivity contribution in [2.75, 3.05) is 0 Å². The molecule has 0 aromatic rings. The van der Waals surface area contributed by atoms with Gasteiger partial charge in [-0.05, 0) is 37.7 Å². The van der Waals surface area contributed by atoms with Crippen molar-refractivity contribution >= 4 is 5.97 Å². The molecule has 1 unspecified atom stereocenters. The third-order valence-electron chi connectivity index (χ3n) is 2.82. The average molecular weight is 178 g/mol. The number of hydrogen-bond acceptors (Lipinski definition) is 2. The topological polar surface area (TPSA) is 26.3 Å². The van der Waals surface area contributed by atoms with E-state index in [0.717, 1.165) is 30.9 Å². The van der Waals surface area contributed by atoms with Crippen LogP contribution in [0.2, 0.25) is 0 Å². The highest BCUT2D eigenvalue weighted by Crippen LogP contribution is 2.44. The molecule has 0 amide bonds. The standard InChI is InChI=1S/C11H14O2/c1-7(2)11(12)13-10-6-8-3-4-9(10)5-8/h8H,1,3-6H2,2H3. The molecule has 1 saturated carbocycles. The molecule has 0 N–H and O–H groups in total. The Bertz CT molecular complexity index is 299. The van der Waals surface area contributed by atoms with Crippen LogP contribution in [0.5, 0.6) is 0 Å². The maximum absolute atomic E-state index is 11.2. The SMILES string of the molecule is C=C(C)C(=O)OC1=C2CCC(C2)C1. The van der Waals surface area contributed by atoms with Gasteiger partial charge in [-0.1, -0.05) is 6.58 Å². The number of rotatable bonds is 2. The van der Waals surface area contributed by atoms with Crippen LogP contribution in [0, 0.1) is 5.92 Å². The van der Waals surface area contributed by atoms with Crippen molar-refractivity contribution in [1.82, 2.24) is 0 Å². The van der Waals surface area contributed by atoms with Gasteiger partial charge in [0.1, 0.15) is 5.76 Å². The zero-order valence-electron chi connectivity index (χ0n) is 7.93. The van der Waals surface area contributed by atoms with Gasteiger partial charge in [-0.3, -0.25) is 0 Å². The van der Waals surface area contributed by atoms with Crippen molar-refractivity contribution in [2.24, 2.45) is 5.92 Å². The second kappa shape index (κ2) is 3.02. The maximum atomic E-state index is 11.2. The summed E-state index contributed by atoms with van der Waals surface area (Å²) in [5.74, 6) is 1.42. The van der Waals surface area contributed by atoms with Gasteiger partial charge in [-0.15, -0.1) is 0 Å². The molecule has 70 valence electrons. The van der Waals surface area contributed by atoms with Crippen LogP contribution < -0.4 is 0 Å². The van der Waals surface area contributed by atoms with E-state index in [1.54, 1.807) is 6.92 Å². The lowest BCUT2D eigenvalue weighted by Crippen LogP contribution is -2.07. The van der Waals surface area contributed by atoms with Crippen molar-refractivity contribution in [1.29, 1.82) is 0 Å². The summed E-state index contributed by atoms with van der Waals surface area (Å²) in [5, 5.41) is 0. The molecule has 0 saturated heterocycles. The van der Waals surface area contributed by atoms with Gasteiger partial charge in [-0.25, -0.2) is 4.79 Å². The summed E-state index contributed by atoms with van der Waals surface area (Å²) in [5.41, 5.74) is 1.84. The van der Waals surface area contributed by atoms with Crippen LogP contribution in [0.4, 0.5) is 0 Å². The van der Waals surface area contributed by atoms with E-state index in [-0.39, 0.29) is 5.97 Å². The van der Waals surface area contributed by atoms with Crippen molar-refractivity contribution in [3.8, 4) is 0 Å². The minimum absolute atomic E-state index is 0.268. The molecule has 1 fully saturated rings. The molecule has 1 atom stereocenters. The van der Waals surface area contributed by atoms with E-state index in [1.807, 2.05) is 0 Å². The quantitative estimate of drug-likeness (QED) is 0.480. The molecule has 0 aliphatic heterocycles. The lowest BCUT2D eigenvalue weighted by Gasteiger charge is -2.11. The van der Waals surface area contributed by atoms with E-state index in [1.165, 1.54) is 12.0 Å². The monoisotopic (exact) mass is 178 g/mol. The molecule has 0 aromatic heterocycles. The summed E-state index contributed by atoms with van der Waals surface area (Å²) in [6, 6.07) is 0. The zero-order chi connectivity index (χ0) is 9.42. The number of carbonyl (C=O) groups excluding carboxylic acids is 1. The number of fused-ring (bicyclic) bond motifs is 2. The Hall–Kier alpha value is -1.05. The molecule has 2 aliphatic rings. The molecule has 0 spiro atoms. The number of esters is 1. The summed E-state index contributed by atoms with van der Waals surface area (Å²) in [6.07, 6.45) is 4.53. The Labute approximate surface area is 78.3 Å². The van der Waals surface area contributed by atoms with Gasteiger partial charge in [0.05, 0.1) is 0 Å². The second-order valence-corrected chi connectivity index (χ2v) is 4.01. The van der Waals surface area contributed by atoms with Gasteiger partial charge >= 0.3 is 5.97 Å². The van der Waals surface area contributed by atoms with Crippen LogP contribution in [0.15, 0.2) is 23.5 Å². The largest absolute Gasteiger partial charge is 0.428 e. The molecule has 2 bridgehead atoms. The molecule has 2 nitrogen and oxygen atoms in total. The third-order valence-corrected chi connectivity index (χ3v) is 2.82. The van der Waals surface area contributed by atoms with Gasteiger partial charge < -0.3 is 4.74 Å². The number of allylic oxidation sites excluding steroid dienone is 2. The molecule has 2 heteroatoms. The predicted octanol–water partition coefficient (Wildman–Crippen LogP) is 2.56. The first-order valence-corrected chi connectivity index (χ1v) is 4.75. The van der Waals surface area contributed by atoms with Crippen molar-refractivity contribution in [3.05, 3.63) is 23.5 Å². The molecule has 2 rings (SSSR count). The second-order valence-electron chi connectivity index (χ2n) is 4.01. The Morgan fingerprint density at radius 3 is 2.77 bits per heavy atom. The van der Waals surface area contributed by atoms with Gasteiger partial charge in [-0.2, -0.15) is 0 Å². The molecular weight excluding hydrogens is 164 g/mol. The minimum Gasteiger partial charge on any atom is -0.428 e. The summed E-state index contributed by atoms with van der Waals surface area (Å²) in [4.78, 5) is 11.2. The van der Waals surface area contributed by atoms with Crippen LogP contribution >= 0.6 is 0 Å². The van der Waals surface area contributed by atoms with Crippen LogP contribution in [0.25, 0.3) is 0 Å². The fourth-order valence-corrected chi connectivity index (χ4v) is 2.08. The Balaban J connectivity index is 2.04. The molecule has 0 aromatic carbocycles. The summed E-state index contributed by atoms with van der Waals surface area (Å²) in [6.45, 7) is 5.24. The predicted molar refractivity (Wildman–Crippen MR) is 49.9 cm³/mol. The lowest BCUT2D eigenvalue weighted by atomic mass is 10.1. The van der Waals surface area contributed by atoms with Crippen molar-refractivity contribution in [3.63, 3.8) is 0 Å². The Morgan fingerprint density at radius 2 is 2.31 bits per heavy atom. The third kappa shape index (κ3) is 1.53. The average Bonchev–Trinajstić information content (AvgIpc) is 2.64. The first-order valence-electron chi connectivity index (χ1n) is 4.75. The molecule has 2 aliphatic carbocycles. The fourth-order valence-electron chi connectivity index (χ4n) is 2.08. The van der Waals surface area contributed by atoms with E-state index in [2.05, 4.69) is 6.58 Å². The van der Waals surface area contributed by atoms with Gasteiger partial charge in [0, 0.05) is 12.0 Å². The van der Waals surface area contributed by atoms with Crippen LogP contribution in [-0.4, -0.2) is 5.97 Å². The van der Waals surface area contributed by atoms with E-state index in [9.17, 15) is 4.79 Å². The highest BCUT2D eigenvalue weighted by molar-refractivity contribution is 5.87. The summed E-state index contributed by atoms with van der Waals surface area (Å²) >= 11 is 0. The number of carbonyl (C=O) groups is 1. The first-order chi connectivity index (χ1) is 6.16. The Morgan fingerprint density at radius 1 is 1.54 bits per heavy atom. The van der Waals surface area contributed by atoms with E-state index >= 15 is 0 Å². The van der Waals surface area contributed by atoms with Crippen LogP contribution in [0.3, 0.4) is 0 Å². The molecule has 0 heterocycles. The van der Waals surface area contributed by atoms with Crippen molar-refractivity contribution < 1.29 is 9.53 Å². The van der Waals surface area contributed by atoms with Gasteiger partial charge in [0.15, 0.2) is 0 Å². The fraction of sp³-hybridized carbons (Fsp3) is 0.545. The normalized spacial score (nSPS) is 25.2. The van der Waals surface area contributed by atoms with E-state index in [0.29, 0.717) is 5.57 Å². The Kier molecular flexibility index (Phi) is 1.98. The lowest BCUT2D eigenvalue weighted by molar-refractivity contribution is -0.135. The smallest absolute Gasteiger partial charge is 0.338 e. The van der Waals surface area contributed by atoms with E-state index < -0.39 is 0 Å². The number of ether oxygens (including phenoxy) is 1. The highest BCUT2D eigenvalue weighted by Gasteiger charge is 2.32. The van der Waals surface area contributed by atoms with Crippen LogP contribution in [-0.2, 0) is 9.53 Å². The first kappa shape index (κ1) is 8.54. The van der Waals surface area contributed by atoms with Crippen molar-refractivity contribution in [2.45, 2.75) is 32.6 Å². The maximum Gasteiger partial charge on any atom is 0.338 e. The molecule has 0 radical (unpaired) electrons. The van der Waals surface area contributed by atoms with Gasteiger partial charge in [0.25, 0.3) is 0 Å². The summed E-state index contributed by atoms with van der Waals surface area (Å²) < 4.78 is 5.25. The number of hydrogen-bond donors (Lipinski definition) is 0. The van der Waals surface area contributed by atoms with Crippen LogP contribution in [0.1, 0.15) is 32.6 Å².